The molecule has 2 aromatic carbocycles. The maximum Gasteiger partial charge on any atom is 0.276 e. The van der Waals surface area contributed by atoms with Crippen molar-refractivity contribution >= 4 is 23.1 Å². The summed E-state index contributed by atoms with van der Waals surface area (Å²) in [6, 6.07) is 12.1. The third-order valence-corrected chi connectivity index (χ3v) is 3.94. The van der Waals surface area contributed by atoms with Crippen LogP contribution in [0, 0.1) is 25.5 Å². The molecule has 3 aromatic rings. The Hall–Kier alpha value is -3.35. The zero-order chi connectivity index (χ0) is 18.7. The summed E-state index contributed by atoms with van der Waals surface area (Å²) in [7, 11) is 0. The van der Waals surface area contributed by atoms with Crippen LogP contribution in [0.4, 0.5) is 26.0 Å². The molecule has 132 valence electrons. The summed E-state index contributed by atoms with van der Waals surface area (Å²) in [6.45, 7) is 3.88. The van der Waals surface area contributed by atoms with Crippen LogP contribution in [0.3, 0.4) is 0 Å². The number of aromatic nitrogens is 2. The summed E-state index contributed by atoms with van der Waals surface area (Å²) in [5.41, 5.74) is 3.22. The summed E-state index contributed by atoms with van der Waals surface area (Å²) in [4.78, 5) is 12.3. The molecule has 0 radical (unpaired) electrons. The van der Waals surface area contributed by atoms with Crippen molar-refractivity contribution in [1.82, 2.24) is 10.2 Å². The molecule has 0 aliphatic rings. The Morgan fingerprint density at radius 2 is 1.77 bits per heavy atom. The Kier molecular flexibility index (Phi) is 4.88. The zero-order valence-corrected chi connectivity index (χ0v) is 14.2. The normalized spacial score (nSPS) is 10.5. The van der Waals surface area contributed by atoms with E-state index in [1.807, 2.05) is 32.0 Å². The Bertz CT molecular complexity index is 958. The average Bonchev–Trinajstić information content (AvgIpc) is 2.63. The van der Waals surface area contributed by atoms with Crippen LogP contribution in [-0.4, -0.2) is 16.1 Å². The van der Waals surface area contributed by atoms with Gasteiger partial charge in [0.25, 0.3) is 5.91 Å². The highest BCUT2D eigenvalue weighted by atomic mass is 19.2. The van der Waals surface area contributed by atoms with E-state index in [-0.39, 0.29) is 11.6 Å². The first kappa shape index (κ1) is 17.5. The van der Waals surface area contributed by atoms with E-state index in [1.54, 1.807) is 0 Å². The van der Waals surface area contributed by atoms with Gasteiger partial charge in [-0.1, -0.05) is 12.1 Å². The van der Waals surface area contributed by atoms with E-state index in [0.717, 1.165) is 23.3 Å². The van der Waals surface area contributed by atoms with Crippen molar-refractivity contribution < 1.29 is 13.6 Å². The number of rotatable bonds is 4. The van der Waals surface area contributed by atoms with Gasteiger partial charge in [0.05, 0.1) is 0 Å². The maximum atomic E-state index is 13.2. The molecule has 5 nitrogen and oxygen atoms in total. The first-order valence-corrected chi connectivity index (χ1v) is 7.87. The number of carbonyl (C=O) groups is 1. The number of hydrogen-bond donors (Lipinski definition) is 2. The lowest BCUT2D eigenvalue weighted by Crippen LogP contribution is -2.15. The Morgan fingerprint density at radius 3 is 2.46 bits per heavy atom. The first-order valence-electron chi connectivity index (χ1n) is 7.87. The summed E-state index contributed by atoms with van der Waals surface area (Å²) < 4.78 is 26.2. The largest absolute Gasteiger partial charge is 0.339 e. The molecule has 0 aliphatic heterocycles. The van der Waals surface area contributed by atoms with Crippen molar-refractivity contribution in [3.63, 3.8) is 0 Å². The van der Waals surface area contributed by atoms with Gasteiger partial charge in [-0.2, -0.15) is 0 Å². The molecule has 0 unspecified atom stereocenters. The smallest absolute Gasteiger partial charge is 0.276 e. The van der Waals surface area contributed by atoms with Crippen molar-refractivity contribution in [3.8, 4) is 0 Å². The highest BCUT2D eigenvalue weighted by Crippen LogP contribution is 2.19. The maximum absolute atomic E-state index is 13.2. The van der Waals surface area contributed by atoms with Gasteiger partial charge in [-0.25, -0.2) is 8.78 Å². The van der Waals surface area contributed by atoms with Gasteiger partial charge >= 0.3 is 0 Å². The molecule has 0 spiro atoms. The minimum absolute atomic E-state index is 0.141. The van der Waals surface area contributed by atoms with Gasteiger partial charge in [0, 0.05) is 17.4 Å². The van der Waals surface area contributed by atoms with Crippen molar-refractivity contribution in [1.29, 1.82) is 0 Å². The Labute approximate surface area is 149 Å². The number of anilines is 3. The van der Waals surface area contributed by atoms with E-state index in [2.05, 4.69) is 20.8 Å². The van der Waals surface area contributed by atoms with Crippen LogP contribution >= 0.6 is 0 Å². The molecule has 26 heavy (non-hydrogen) atoms. The summed E-state index contributed by atoms with van der Waals surface area (Å²) in [5, 5.41) is 13.4. The Morgan fingerprint density at radius 1 is 0.962 bits per heavy atom. The molecule has 0 atom stereocenters. The molecule has 2 N–H and O–H groups in total. The molecule has 1 aromatic heterocycles. The molecule has 0 saturated heterocycles. The molecule has 0 aliphatic carbocycles. The monoisotopic (exact) mass is 354 g/mol. The second-order valence-electron chi connectivity index (χ2n) is 5.76. The second kappa shape index (κ2) is 7.26. The lowest BCUT2D eigenvalue weighted by molar-refractivity contribution is 0.102. The van der Waals surface area contributed by atoms with E-state index >= 15 is 0 Å². The number of amides is 1. The number of aryl methyl sites for hydroxylation is 1. The van der Waals surface area contributed by atoms with Gasteiger partial charge in [0.1, 0.15) is 0 Å². The highest BCUT2D eigenvalue weighted by Gasteiger charge is 2.11. The molecule has 1 amide bonds. The summed E-state index contributed by atoms with van der Waals surface area (Å²) in [6.07, 6.45) is 0. The number of carbonyl (C=O) groups excluding carboxylic acids is 1. The van der Waals surface area contributed by atoms with Crippen LogP contribution in [0.1, 0.15) is 21.6 Å². The first-order chi connectivity index (χ1) is 12.4. The van der Waals surface area contributed by atoms with Crippen LogP contribution < -0.4 is 10.6 Å². The average molecular weight is 354 g/mol. The molecule has 7 heteroatoms. The lowest BCUT2D eigenvalue weighted by Gasteiger charge is -2.10. The number of nitrogens with one attached hydrogen (secondary N) is 2. The number of nitrogens with zero attached hydrogens (tertiary/aromatic N) is 2. The van der Waals surface area contributed by atoms with Gasteiger partial charge in [0.2, 0.25) is 0 Å². The van der Waals surface area contributed by atoms with Gasteiger partial charge in [-0.05, 0) is 55.3 Å². The van der Waals surface area contributed by atoms with E-state index in [1.165, 1.54) is 18.2 Å². The fraction of sp³-hybridized carbons (Fsp3) is 0.105. The topological polar surface area (TPSA) is 66.9 Å². The van der Waals surface area contributed by atoms with Crippen molar-refractivity contribution in [2.24, 2.45) is 0 Å². The Balaban J connectivity index is 1.71. The fourth-order valence-corrected chi connectivity index (χ4v) is 2.31. The predicted octanol–water partition coefficient (Wildman–Crippen LogP) is 4.37. The molecule has 0 saturated carbocycles. The molecule has 3 rings (SSSR count). The zero-order valence-electron chi connectivity index (χ0n) is 14.2. The van der Waals surface area contributed by atoms with Crippen LogP contribution in [0.5, 0.6) is 0 Å². The quantitative estimate of drug-likeness (QED) is 0.730. The lowest BCUT2D eigenvalue weighted by atomic mass is 10.1. The number of halogens is 2. The van der Waals surface area contributed by atoms with Gasteiger partial charge in [-0.3, -0.25) is 4.79 Å². The van der Waals surface area contributed by atoms with Gasteiger partial charge in [0.15, 0.2) is 23.1 Å². The minimum atomic E-state index is -0.965. The van der Waals surface area contributed by atoms with Crippen LogP contribution in [0.15, 0.2) is 48.5 Å². The van der Waals surface area contributed by atoms with Gasteiger partial charge < -0.3 is 10.6 Å². The number of hydrogen-bond acceptors (Lipinski definition) is 4. The SMILES string of the molecule is Cc1cccc(NC(=O)c2ccc(Nc3ccc(F)c(F)c3)nn2)c1C. The third kappa shape index (κ3) is 3.83. The molecule has 0 fully saturated rings. The predicted molar refractivity (Wildman–Crippen MR) is 95.5 cm³/mol. The van der Waals surface area contributed by atoms with Crippen LogP contribution in [-0.2, 0) is 0 Å². The summed E-state index contributed by atoms with van der Waals surface area (Å²) in [5.74, 6) is -1.97. The standard InChI is InChI=1S/C19H16F2N4O/c1-11-4-3-5-16(12(11)2)23-19(26)17-8-9-18(25-24-17)22-13-6-7-14(20)15(21)10-13/h3-10H,1-2H3,(H,22,25)(H,23,26). The van der Waals surface area contributed by atoms with Crippen molar-refractivity contribution in [3.05, 3.63) is 77.0 Å². The minimum Gasteiger partial charge on any atom is -0.339 e. The van der Waals surface area contributed by atoms with E-state index in [9.17, 15) is 13.6 Å². The van der Waals surface area contributed by atoms with E-state index < -0.39 is 11.6 Å². The van der Waals surface area contributed by atoms with E-state index in [0.29, 0.717) is 17.2 Å². The van der Waals surface area contributed by atoms with Crippen LogP contribution in [0.25, 0.3) is 0 Å². The van der Waals surface area contributed by atoms with Crippen LogP contribution in [0.2, 0.25) is 0 Å². The molecule has 1 heterocycles. The van der Waals surface area contributed by atoms with Gasteiger partial charge in [-0.15, -0.1) is 10.2 Å². The summed E-state index contributed by atoms with van der Waals surface area (Å²) >= 11 is 0. The fourth-order valence-electron chi connectivity index (χ4n) is 2.31. The molecular weight excluding hydrogens is 338 g/mol. The third-order valence-electron chi connectivity index (χ3n) is 3.94. The highest BCUT2D eigenvalue weighted by molar-refractivity contribution is 6.03. The molecular formula is C19H16F2N4O. The van der Waals surface area contributed by atoms with E-state index in [4.69, 9.17) is 0 Å². The second-order valence-corrected chi connectivity index (χ2v) is 5.76. The number of benzene rings is 2. The van der Waals surface area contributed by atoms with Crippen molar-refractivity contribution in [2.45, 2.75) is 13.8 Å². The van der Waals surface area contributed by atoms with Crippen molar-refractivity contribution in [2.75, 3.05) is 10.6 Å². The molecule has 0 bridgehead atoms.